The van der Waals surface area contributed by atoms with Gasteiger partial charge in [0.15, 0.2) is 5.65 Å². The van der Waals surface area contributed by atoms with E-state index >= 15 is 0 Å². The van der Waals surface area contributed by atoms with Crippen molar-refractivity contribution in [2.24, 2.45) is 7.05 Å². The van der Waals surface area contributed by atoms with Crippen molar-refractivity contribution in [3.63, 3.8) is 0 Å². The Morgan fingerprint density at radius 1 is 0.970 bits per heavy atom. The molecule has 0 aliphatic carbocycles. The van der Waals surface area contributed by atoms with Crippen LogP contribution in [0.3, 0.4) is 0 Å². The summed E-state index contributed by atoms with van der Waals surface area (Å²) in [4.78, 5) is 17.8. The van der Waals surface area contributed by atoms with Crippen LogP contribution in [0.15, 0.2) is 72.9 Å². The maximum Gasteiger partial charge on any atom is 0.252 e. The molecule has 5 aromatic rings. The van der Waals surface area contributed by atoms with Gasteiger partial charge >= 0.3 is 0 Å². The Bertz CT molecular complexity index is 1450. The number of para-hydroxylation sites is 1. The van der Waals surface area contributed by atoms with Crippen molar-refractivity contribution in [3.8, 4) is 16.9 Å². The monoisotopic (exact) mass is 436 g/mol. The second kappa shape index (κ2) is 8.35. The summed E-state index contributed by atoms with van der Waals surface area (Å²) >= 11 is 0. The minimum absolute atomic E-state index is 0.159. The van der Waals surface area contributed by atoms with Crippen LogP contribution in [0.2, 0.25) is 0 Å². The summed E-state index contributed by atoms with van der Waals surface area (Å²) in [5.74, 6) is -0.159. The summed E-state index contributed by atoms with van der Waals surface area (Å²) in [6.45, 7) is 4.13. The number of carbonyl (C=O) groups is 1. The lowest BCUT2D eigenvalue weighted by atomic mass is 10.1. The van der Waals surface area contributed by atoms with Gasteiger partial charge in [0.05, 0.1) is 28.0 Å². The number of nitrogens with one attached hydrogen (secondary N) is 1. The molecule has 2 aromatic carbocycles. The summed E-state index contributed by atoms with van der Waals surface area (Å²) in [7, 11) is 1.84. The molecule has 0 fully saturated rings. The average molecular weight is 437 g/mol. The number of aryl methyl sites for hydroxylation is 3. The van der Waals surface area contributed by atoms with Crippen molar-refractivity contribution in [2.45, 2.75) is 20.4 Å². The molecule has 7 nitrogen and oxygen atoms in total. The van der Waals surface area contributed by atoms with Gasteiger partial charge < -0.3 is 5.32 Å². The van der Waals surface area contributed by atoms with E-state index in [1.807, 2.05) is 98.5 Å². The molecule has 164 valence electrons. The molecule has 0 aliphatic rings. The normalized spacial score (nSPS) is 11.1. The number of amides is 1. The van der Waals surface area contributed by atoms with Crippen LogP contribution in [0.25, 0.3) is 28.0 Å². The van der Waals surface area contributed by atoms with Crippen LogP contribution in [0.4, 0.5) is 0 Å². The van der Waals surface area contributed by atoms with E-state index in [4.69, 9.17) is 5.10 Å². The first-order valence-electron chi connectivity index (χ1n) is 10.8. The first kappa shape index (κ1) is 20.6. The second-order valence-electron chi connectivity index (χ2n) is 8.05. The van der Waals surface area contributed by atoms with E-state index in [1.165, 1.54) is 0 Å². The molecule has 0 saturated carbocycles. The summed E-state index contributed by atoms with van der Waals surface area (Å²) in [6, 6.07) is 21.8. The van der Waals surface area contributed by atoms with Gasteiger partial charge in [0.2, 0.25) is 0 Å². The Labute approximate surface area is 191 Å². The van der Waals surface area contributed by atoms with Gasteiger partial charge in [0.25, 0.3) is 5.91 Å². The average Bonchev–Trinajstić information content (AvgIpc) is 3.39. The lowest BCUT2D eigenvalue weighted by molar-refractivity contribution is 0.0952. The lowest BCUT2D eigenvalue weighted by Crippen LogP contribution is -2.23. The second-order valence-corrected chi connectivity index (χ2v) is 8.05. The van der Waals surface area contributed by atoms with E-state index in [2.05, 4.69) is 15.4 Å². The maximum absolute atomic E-state index is 13.3. The molecule has 0 bridgehead atoms. The van der Waals surface area contributed by atoms with Crippen molar-refractivity contribution in [1.29, 1.82) is 0 Å². The number of benzene rings is 2. The number of hydrogen-bond acceptors (Lipinski definition) is 4. The molecular formula is C26H24N6O. The molecule has 0 atom stereocenters. The third kappa shape index (κ3) is 3.89. The highest BCUT2D eigenvalue weighted by molar-refractivity contribution is 6.06. The molecule has 3 aromatic heterocycles. The highest BCUT2D eigenvalue weighted by Gasteiger charge is 2.19. The van der Waals surface area contributed by atoms with Gasteiger partial charge in [-0.25, -0.2) is 9.67 Å². The van der Waals surface area contributed by atoms with Crippen molar-refractivity contribution in [3.05, 3.63) is 95.4 Å². The topological polar surface area (TPSA) is 77.6 Å². The predicted molar refractivity (Wildman–Crippen MR) is 128 cm³/mol. The quantitative estimate of drug-likeness (QED) is 0.444. The Balaban J connectivity index is 1.49. The molecule has 0 aliphatic heterocycles. The van der Waals surface area contributed by atoms with Crippen LogP contribution in [0, 0.1) is 13.8 Å². The van der Waals surface area contributed by atoms with Crippen LogP contribution in [0.5, 0.6) is 0 Å². The van der Waals surface area contributed by atoms with E-state index in [1.54, 1.807) is 4.68 Å². The number of nitrogens with zero attached hydrogens (tertiary/aromatic N) is 5. The first-order valence-corrected chi connectivity index (χ1v) is 10.8. The van der Waals surface area contributed by atoms with Gasteiger partial charge in [-0.05, 0) is 32.0 Å². The standard InChI is InChI=1S/C26H24N6O/c1-17-14-22(23-18(2)29-31(3)25(23)28-17)26(33)27-15-20-16-32(21-12-8-5-9-13-21)30-24(20)19-10-6-4-7-11-19/h4-14,16H,15H2,1-3H3,(H,27,33). The molecule has 7 heteroatoms. The summed E-state index contributed by atoms with van der Waals surface area (Å²) in [5.41, 5.74) is 6.59. The van der Waals surface area contributed by atoms with Gasteiger partial charge in [0.1, 0.15) is 0 Å². The van der Waals surface area contributed by atoms with Crippen LogP contribution in [-0.4, -0.2) is 30.5 Å². The third-order valence-electron chi connectivity index (χ3n) is 5.64. The molecular weight excluding hydrogens is 412 g/mol. The van der Waals surface area contributed by atoms with Crippen molar-refractivity contribution in [1.82, 2.24) is 29.9 Å². The smallest absolute Gasteiger partial charge is 0.252 e. The molecule has 5 rings (SSSR count). The predicted octanol–water partition coefficient (Wildman–Crippen LogP) is 4.37. The van der Waals surface area contributed by atoms with Crippen molar-refractivity contribution >= 4 is 16.9 Å². The fourth-order valence-corrected chi connectivity index (χ4v) is 4.11. The van der Waals surface area contributed by atoms with Crippen LogP contribution in [0.1, 0.15) is 27.3 Å². The van der Waals surface area contributed by atoms with Gasteiger partial charge in [-0.2, -0.15) is 10.2 Å². The number of fused-ring (bicyclic) bond motifs is 1. The molecule has 33 heavy (non-hydrogen) atoms. The largest absolute Gasteiger partial charge is 0.348 e. The molecule has 3 heterocycles. The maximum atomic E-state index is 13.3. The fraction of sp³-hybridized carbons (Fsp3) is 0.154. The molecule has 0 radical (unpaired) electrons. The van der Waals surface area contributed by atoms with Gasteiger partial charge in [-0.1, -0.05) is 48.5 Å². The number of pyridine rings is 1. The van der Waals surface area contributed by atoms with Crippen LogP contribution in [-0.2, 0) is 13.6 Å². The number of aromatic nitrogens is 5. The Hall–Kier alpha value is -4.26. The highest BCUT2D eigenvalue weighted by Crippen LogP contribution is 2.25. The fourth-order valence-electron chi connectivity index (χ4n) is 4.11. The number of rotatable bonds is 5. The highest BCUT2D eigenvalue weighted by atomic mass is 16.1. The summed E-state index contributed by atoms with van der Waals surface area (Å²) in [6.07, 6.45) is 1.97. The SMILES string of the molecule is Cc1cc(C(=O)NCc2cn(-c3ccccc3)nc2-c2ccccc2)c2c(C)nn(C)c2n1. The third-order valence-corrected chi connectivity index (χ3v) is 5.64. The van der Waals surface area contributed by atoms with Gasteiger partial charge in [0, 0.05) is 36.6 Å². The summed E-state index contributed by atoms with van der Waals surface area (Å²) < 4.78 is 3.57. The zero-order valence-electron chi connectivity index (χ0n) is 18.8. The van der Waals surface area contributed by atoms with Crippen LogP contribution >= 0.6 is 0 Å². The number of carbonyl (C=O) groups excluding carboxylic acids is 1. The van der Waals surface area contributed by atoms with Crippen LogP contribution < -0.4 is 5.32 Å². The molecule has 0 spiro atoms. The van der Waals surface area contributed by atoms with Crippen molar-refractivity contribution in [2.75, 3.05) is 0 Å². The zero-order chi connectivity index (χ0) is 22.9. The van der Waals surface area contributed by atoms with E-state index in [9.17, 15) is 4.79 Å². The van der Waals surface area contributed by atoms with E-state index in [0.29, 0.717) is 17.8 Å². The molecule has 0 saturated heterocycles. The molecule has 1 amide bonds. The van der Waals surface area contributed by atoms with Crippen molar-refractivity contribution < 1.29 is 4.79 Å². The van der Waals surface area contributed by atoms with Gasteiger partial charge in [-0.3, -0.25) is 9.48 Å². The Kier molecular flexibility index (Phi) is 5.22. The molecule has 1 N–H and O–H groups in total. The van der Waals surface area contributed by atoms with E-state index in [-0.39, 0.29) is 5.91 Å². The molecule has 0 unspecified atom stereocenters. The minimum atomic E-state index is -0.159. The van der Waals surface area contributed by atoms with E-state index < -0.39 is 0 Å². The number of hydrogen-bond donors (Lipinski definition) is 1. The Morgan fingerprint density at radius 2 is 1.67 bits per heavy atom. The first-order chi connectivity index (χ1) is 16.0. The Morgan fingerprint density at radius 3 is 2.39 bits per heavy atom. The summed E-state index contributed by atoms with van der Waals surface area (Å²) in [5, 5.41) is 13.1. The van der Waals surface area contributed by atoms with E-state index in [0.717, 1.165) is 39.3 Å². The zero-order valence-corrected chi connectivity index (χ0v) is 18.8. The lowest BCUT2D eigenvalue weighted by Gasteiger charge is -2.08. The minimum Gasteiger partial charge on any atom is -0.348 e. The van der Waals surface area contributed by atoms with Gasteiger partial charge in [-0.15, -0.1) is 0 Å².